The summed E-state index contributed by atoms with van der Waals surface area (Å²) in [4.78, 5) is 11.7. The standard InChI is InChI=1S/C15H19N3O2/c1-4-13-11(10-18(2)17-13)9-16-14-8-6-5-7-12(14)15(19)20-3/h5-8,10,16H,4,9H2,1-3H3. The highest BCUT2D eigenvalue weighted by Crippen LogP contribution is 2.18. The number of carbonyl (C=O) groups is 1. The number of nitrogens with one attached hydrogen (secondary N) is 1. The lowest BCUT2D eigenvalue weighted by atomic mass is 10.1. The van der Waals surface area contributed by atoms with Crippen LogP contribution in [0, 0.1) is 0 Å². The monoisotopic (exact) mass is 273 g/mol. The molecule has 1 aromatic heterocycles. The summed E-state index contributed by atoms with van der Waals surface area (Å²) in [6.07, 6.45) is 2.88. The van der Waals surface area contributed by atoms with Crippen LogP contribution in [0.2, 0.25) is 0 Å². The summed E-state index contributed by atoms with van der Waals surface area (Å²) >= 11 is 0. The van der Waals surface area contributed by atoms with Gasteiger partial charge in [-0.05, 0) is 18.6 Å². The second-order valence-electron chi connectivity index (χ2n) is 4.52. The van der Waals surface area contributed by atoms with Crippen LogP contribution in [0.4, 0.5) is 5.69 Å². The second-order valence-corrected chi connectivity index (χ2v) is 4.52. The third-order valence-electron chi connectivity index (χ3n) is 3.13. The molecule has 1 heterocycles. The van der Waals surface area contributed by atoms with E-state index in [1.54, 1.807) is 6.07 Å². The molecule has 5 nitrogen and oxygen atoms in total. The Morgan fingerprint density at radius 2 is 2.15 bits per heavy atom. The number of hydrogen-bond acceptors (Lipinski definition) is 4. The first-order valence-corrected chi connectivity index (χ1v) is 6.58. The van der Waals surface area contributed by atoms with Crippen LogP contribution in [-0.2, 0) is 24.8 Å². The average molecular weight is 273 g/mol. The molecule has 0 unspecified atom stereocenters. The van der Waals surface area contributed by atoms with Gasteiger partial charge in [-0.25, -0.2) is 4.79 Å². The second kappa shape index (κ2) is 6.23. The Morgan fingerprint density at radius 1 is 1.40 bits per heavy atom. The fraction of sp³-hybridized carbons (Fsp3) is 0.333. The lowest BCUT2D eigenvalue weighted by Gasteiger charge is -2.10. The number of carbonyl (C=O) groups excluding carboxylic acids is 1. The van der Waals surface area contributed by atoms with E-state index in [4.69, 9.17) is 4.74 Å². The van der Waals surface area contributed by atoms with E-state index in [2.05, 4.69) is 17.3 Å². The number of esters is 1. The highest BCUT2D eigenvalue weighted by Gasteiger charge is 2.12. The number of methoxy groups -OCH3 is 1. The van der Waals surface area contributed by atoms with Crippen molar-refractivity contribution in [2.75, 3.05) is 12.4 Å². The fourth-order valence-corrected chi connectivity index (χ4v) is 2.14. The Balaban J connectivity index is 2.16. The lowest BCUT2D eigenvalue weighted by molar-refractivity contribution is 0.0602. The molecule has 20 heavy (non-hydrogen) atoms. The highest BCUT2D eigenvalue weighted by molar-refractivity contribution is 5.95. The van der Waals surface area contributed by atoms with E-state index < -0.39 is 0 Å². The van der Waals surface area contributed by atoms with Crippen molar-refractivity contribution in [3.8, 4) is 0 Å². The normalized spacial score (nSPS) is 10.3. The van der Waals surface area contributed by atoms with Gasteiger partial charge in [0.05, 0.1) is 18.4 Å². The van der Waals surface area contributed by atoms with Gasteiger partial charge in [-0.2, -0.15) is 5.10 Å². The molecular weight excluding hydrogens is 254 g/mol. The molecule has 0 saturated carbocycles. The number of anilines is 1. The van der Waals surface area contributed by atoms with Crippen molar-refractivity contribution in [1.29, 1.82) is 0 Å². The number of hydrogen-bond donors (Lipinski definition) is 1. The Morgan fingerprint density at radius 3 is 2.85 bits per heavy atom. The van der Waals surface area contributed by atoms with Gasteiger partial charge >= 0.3 is 5.97 Å². The molecule has 0 aliphatic heterocycles. The van der Waals surface area contributed by atoms with E-state index >= 15 is 0 Å². The Labute approximate surface area is 118 Å². The first-order valence-electron chi connectivity index (χ1n) is 6.58. The van der Waals surface area contributed by atoms with Gasteiger partial charge in [0.1, 0.15) is 0 Å². The number of benzene rings is 1. The third kappa shape index (κ3) is 2.99. The molecule has 0 aliphatic carbocycles. The Bertz CT molecular complexity index is 605. The summed E-state index contributed by atoms with van der Waals surface area (Å²) in [5.74, 6) is -0.338. The third-order valence-corrected chi connectivity index (χ3v) is 3.13. The molecule has 1 N–H and O–H groups in total. The summed E-state index contributed by atoms with van der Waals surface area (Å²) in [6, 6.07) is 7.32. The zero-order valence-electron chi connectivity index (χ0n) is 12.0. The van der Waals surface area contributed by atoms with Gasteiger partial charge < -0.3 is 10.1 Å². The van der Waals surface area contributed by atoms with Crippen molar-refractivity contribution >= 4 is 11.7 Å². The van der Waals surface area contributed by atoms with Crippen molar-refractivity contribution in [2.45, 2.75) is 19.9 Å². The van der Waals surface area contributed by atoms with Gasteiger partial charge in [0.25, 0.3) is 0 Å². The minimum Gasteiger partial charge on any atom is -0.465 e. The van der Waals surface area contributed by atoms with E-state index in [1.165, 1.54) is 7.11 Å². The minimum absolute atomic E-state index is 0.338. The molecule has 0 saturated heterocycles. The number of aromatic nitrogens is 2. The van der Waals surface area contributed by atoms with Crippen LogP contribution in [0.25, 0.3) is 0 Å². The van der Waals surface area contributed by atoms with Gasteiger partial charge in [-0.3, -0.25) is 4.68 Å². The zero-order valence-corrected chi connectivity index (χ0v) is 12.0. The van der Waals surface area contributed by atoms with E-state index in [1.807, 2.05) is 36.1 Å². The van der Waals surface area contributed by atoms with E-state index in [9.17, 15) is 4.79 Å². The number of ether oxygens (including phenoxy) is 1. The van der Waals surface area contributed by atoms with E-state index in [-0.39, 0.29) is 5.97 Å². The summed E-state index contributed by atoms with van der Waals surface area (Å²) < 4.78 is 6.59. The van der Waals surface area contributed by atoms with Crippen molar-refractivity contribution in [3.05, 3.63) is 47.3 Å². The maximum atomic E-state index is 11.7. The molecule has 5 heteroatoms. The van der Waals surface area contributed by atoms with E-state index in [0.29, 0.717) is 12.1 Å². The fourth-order valence-electron chi connectivity index (χ4n) is 2.14. The topological polar surface area (TPSA) is 56.2 Å². The molecule has 0 atom stereocenters. The number of para-hydroxylation sites is 1. The van der Waals surface area contributed by atoms with Crippen LogP contribution < -0.4 is 5.32 Å². The van der Waals surface area contributed by atoms with Crippen LogP contribution in [0.1, 0.15) is 28.5 Å². The molecule has 106 valence electrons. The summed E-state index contributed by atoms with van der Waals surface area (Å²) in [5, 5.41) is 7.68. The predicted octanol–water partition coefficient (Wildman–Crippen LogP) is 2.38. The predicted molar refractivity (Wildman–Crippen MR) is 77.7 cm³/mol. The molecule has 0 radical (unpaired) electrons. The van der Waals surface area contributed by atoms with Crippen LogP contribution in [0.5, 0.6) is 0 Å². The largest absolute Gasteiger partial charge is 0.465 e. The van der Waals surface area contributed by atoms with Crippen LogP contribution in [0.3, 0.4) is 0 Å². The molecule has 0 spiro atoms. The molecule has 0 bridgehead atoms. The zero-order chi connectivity index (χ0) is 14.5. The van der Waals surface area contributed by atoms with Gasteiger partial charge in [0.15, 0.2) is 0 Å². The maximum Gasteiger partial charge on any atom is 0.339 e. The van der Waals surface area contributed by atoms with Crippen molar-refractivity contribution in [3.63, 3.8) is 0 Å². The molecule has 2 aromatic rings. The molecule has 0 amide bonds. The van der Waals surface area contributed by atoms with Gasteiger partial charge in [0.2, 0.25) is 0 Å². The number of nitrogens with zero attached hydrogens (tertiary/aromatic N) is 2. The van der Waals surface area contributed by atoms with Crippen LogP contribution >= 0.6 is 0 Å². The minimum atomic E-state index is -0.338. The summed E-state index contributed by atoms with van der Waals surface area (Å²) in [7, 11) is 3.29. The van der Waals surface area contributed by atoms with Crippen molar-refractivity contribution in [2.24, 2.45) is 7.05 Å². The van der Waals surface area contributed by atoms with Crippen molar-refractivity contribution in [1.82, 2.24) is 9.78 Å². The number of rotatable bonds is 5. The molecule has 0 fully saturated rings. The Hall–Kier alpha value is -2.30. The molecule has 0 aliphatic rings. The lowest BCUT2D eigenvalue weighted by Crippen LogP contribution is -2.08. The maximum absolute atomic E-state index is 11.7. The smallest absolute Gasteiger partial charge is 0.339 e. The first-order chi connectivity index (χ1) is 9.65. The Kier molecular flexibility index (Phi) is 4.40. The summed E-state index contributed by atoms with van der Waals surface area (Å²) in [6.45, 7) is 2.71. The SMILES string of the molecule is CCc1nn(C)cc1CNc1ccccc1C(=O)OC. The van der Waals surface area contributed by atoms with Gasteiger partial charge in [0, 0.05) is 31.0 Å². The van der Waals surface area contributed by atoms with Gasteiger partial charge in [-0.1, -0.05) is 19.1 Å². The number of aryl methyl sites for hydroxylation is 2. The van der Waals surface area contributed by atoms with E-state index in [0.717, 1.165) is 23.4 Å². The first kappa shape index (κ1) is 14.1. The average Bonchev–Trinajstić information content (AvgIpc) is 2.84. The summed E-state index contributed by atoms with van der Waals surface area (Å²) in [5.41, 5.74) is 3.51. The molecule has 2 rings (SSSR count). The van der Waals surface area contributed by atoms with Crippen LogP contribution in [-0.4, -0.2) is 22.9 Å². The quantitative estimate of drug-likeness (QED) is 0.850. The van der Waals surface area contributed by atoms with Crippen molar-refractivity contribution < 1.29 is 9.53 Å². The van der Waals surface area contributed by atoms with Crippen LogP contribution in [0.15, 0.2) is 30.5 Å². The van der Waals surface area contributed by atoms with Gasteiger partial charge in [-0.15, -0.1) is 0 Å². The molecular formula is C15H19N3O2. The molecule has 1 aromatic carbocycles. The highest BCUT2D eigenvalue weighted by atomic mass is 16.5.